The number of hydrogen-bond acceptors (Lipinski definition) is 10. The number of nitrogens with one attached hydrogen (secondary N) is 2. The van der Waals surface area contributed by atoms with Crippen LogP contribution in [-0.4, -0.2) is 65.6 Å². The van der Waals surface area contributed by atoms with Crippen LogP contribution in [-0.2, 0) is 39.3 Å². The van der Waals surface area contributed by atoms with Gasteiger partial charge in [-0.3, -0.25) is 23.9 Å². The zero-order valence-corrected chi connectivity index (χ0v) is 30.6. The fourth-order valence-corrected chi connectivity index (χ4v) is 9.36. The number of aryl methyl sites for hydroxylation is 1. The summed E-state index contributed by atoms with van der Waals surface area (Å²) in [5.41, 5.74) is 2.09. The van der Waals surface area contributed by atoms with E-state index in [-0.39, 0.29) is 51.6 Å². The molecule has 0 radical (unpaired) electrons. The Morgan fingerprint density at radius 2 is 1.07 bits per heavy atom. The Morgan fingerprint density at radius 1 is 0.593 bits per heavy atom. The third-order valence-electron chi connectivity index (χ3n) is 9.01. The number of H-pyrrole nitrogens is 2. The minimum absolute atomic E-state index is 0.0378. The number of anilines is 2. The number of fused-ring (bicyclic) bond motifs is 2. The molecule has 0 amide bonds. The van der Waals surface area contributed by atoms with Gasteiger partial charge in [0.25, 0.3) is 21.1 Å². The lowest BCUT2D eigenvalue weighted by Crippen LogP contribution is -2.40. The molecule has 0 fully saturated rings. The second-order valence-corrected chi connectivity index (χ2v) is 16.5. The van der Waals surface area contributed by atoms with Crippen molar-refractivity contribution in [1.82, 2.24) is 29.9 Å². The molecule has 54 heavy (non-hydrogen) atoms. The fourth-order valence-electron chi connectivity index (χ4n) is 6.32. The minimum Gasteiger partial charge on any atom is -0.305 e. The summed E-state index contributed by atoms with van der Waals surface area (Å²) in [6.07, 6.45) is 5.74. The van der Waals surface area contributed by atoms with Gasteiger partial charge in [0, 0.05) is 25.5 Å². The molecule has 0 aliphatic carbocycles. The number of nitrogens with zero attached hydrogens (tertiary/aromatic N) is 6. The summed E-state index contributed by atoms with van der Waals surface area (Å²) >= 11 is 0. The summed E-state index contributed by atoms with van der Waals surface area (Å²) in [6.45, 7) is 0.602. The monoisotopic (exact) mass is 764 g/mol. The maximum atomic E-state index is 13.1. The Balaban J connectivity index is 0.000000167. The van der Waals surface area contributed by atoms with Crippen molar-refractivity contribution >= 4 is 31.7 Å². The number of sulfonamides is 2. The molecule has 0 spiro atoms. The van der Waals surface area contributed by atoms with Crippen LogP contribution in [0.3, 0.4) is 0 Å². The molecule has 0 bridgehead atoms. The van der Waals surface area contributed by atoms with Gasteiger partial charge in [0.1, 0.15) is 11.4 Å². The standard InChI is InChI=1S/C20H20N4O3S.C18H16N4O3S/c25-20-16-9-6-13-24(28(26,27)14-11-15-7-2-1-3-8-15)19(16)22-18(23-20)17-10-4-5-12-21-17;23-18-14-9-6-12-22(26(24,25)13-7-2-1-3-8-13)17(14)20-16(21-18)15-10-4-5-11-19-15/h1-5,7-8,10,12H,6,9,11,13-14H2,(H,22,23,25);1-5,7-8,10-11H,6,9,12H2,(H,20,21,23). The first-order chi connectivity index (χ1) is 26.1. The molecule has 16 heteroatoms. The van der Waals surface area contributed by atoms with Crippen molar-refractivity contribution in [2.24, 2.45) is 0 Å². The molecular formula is C38H36N8O6S2. The van der Waals surface area contributed by atoms with Crippen molar-refractivity contribution < 1.29 is 16.8 Å². The van der Waals surface area contributed by atoms with Crippen molar-refractivity contribution in [1.29, 1.82) is 0 Å². The van der Waals surface area contributed by atoms with Crippen molar-refractivity contribution in [2.75, 3.05) is 27.5 Å². The van der Waals surface area contributed by atoms with Gasteiger partial charge in [-0.05, 0) is 74.1 Å². The lowest BCUT2D eigenvalue weighted by Gasteiger charge is -2.29. The van der Waals surface area contributed by atoms with Gasteiger partial charge in [-0.1, -0.05) is 60.7 Å². The van der Waals surface area contributed by atoms with E-state index >= 15 is 0 Å². The van der Waals surface area contributed by atoms with Crippen LogP contribution in [0.25, 0.3) is 23.0 Å². The van der Waals surface area contributed by atoms with E-state index in [1.54, 1.807) is 67.0 Å². The first kappa shape index (κ1) is 36.4. The van der Waals surface area contributed by atoms with Crippen molar-refractivity contribution in [2.45, 2.75) is 37.0 Å². The number of pyridine rings is 2. The molecule has 0 unspecified atom stereocenters. The molecule has 0 saturated carbocycles. The largest absolute Gasteiger partial charge is 0.305 e. The number of aromatic amines is 2. The lowest BCUT2D eigenvalue weighted by atomic mass is 10.1. The highest BCUT2D eigenvalue weighted by Crippen LogP contribution is 2.30. The van der Waals surface area contributed by atoms with Gasteiger partial charge >= 0.3 is 0 Å². The summed E-state index contributed by atoms with van der Waals surface area (Å²) < 4.78 is 54.7. The van der Waals surface area contributed by atoms with Gasteiger partial charge in [-0.2, -0.15) is 0 Å². The van der Waals surface area contributed by atoms with Gasteiger partial charge in [-0.25, -0.2) is 31.1 Å². The summed E-state index contributed by atoms with van der Waals surface area (Å²) in [4.78, 5) is 48.0. The molecule has 0 atom stereocenters. The fraction of sp³-hybridized carbons (Fsp3) is 0.211. The predicted molar refractivity (Wildman–Crippen MR) is 205 cm³/mol. The van der Waals surface area contributed by atoms with Crippen LogP contribution in [0.5, 0.6) is 0 Å². The van der Waals surface area contributed by atoms with Gasteiger partial charge in [0.05, 0.1) is 21.8 Å². The second kappa shape index (κ2) is 15.5. The van der Waals surface area contributed by atoms with Crippen LogP contribution in [0.15, 0.2) is 124 Å². The van der Waals surface area contributed by atoms with E-state index in [9.17, 15) is 26.4 Å². The quantitative estimate of drug-likeness (QED) is 0.228. The Labute approximate surface area is 311 Å². The molecule has 8 rings (SSSR count). The van der Waals surface area contributed by atoms with Crippen LogP contribution >= 0.6 is 0 Å². The molecular weight excluding hydrogens is 729 g/mol. The minimum atomic E-state index is -3.79. The molecule has 276 valence electrons. The molecule has 14 nitrogen and oxygen atoms in total. The van der Waals surface area contributed by atoms with Crippen LogP contribution in [0, 0.1) is 0 Å². The van der Waals surface area contributed by atoms with E-state index in [1.807, 2.05) is 30.3 Å². The van der Waals surface area contributed by atoms with Crippen LogP contribution < -0.4 is 19.7 Å². The topological polar surface area (TPSA) is 192 Å². The average Bonchev–Trinajstić information content (AvgIpc) is 3.21. The highest BCUT2D eigenvalue weighted by Gasteiger charge is 2.33. The molecule has 0 saturated heterocycles. The van der Waals surface area contributed by atoms with E-state index in [0.29, 0.717) is 61.2 Å². The second-order valence-electron chi connectivity index (χ2n) is 12.6. The predicted octanol–water partition coefficient (Wildman–Crippen LogP) is 4.13. The number of aromatic nitrogens is 6. The molecule has 2 aromatic carbocycles. The zero-order valence-electron chi connectivity index (χ0n) is 29.0. The van der Waals surface area contributed by atoms with Crippen molar-refractivity contribution in [3.63, 3.8) is 0 Å². The summed E-state index contributed by atoms with van der Waals surface area (Å²) in [6, 6.07) is 28.2. The van der Waals surface area contributed by atoms with E-state index in [4.69, 9.17) is 0 Å². The van der Waals surface area contributed by atoms with Crippen LogP contribution in [0.2, 0.25) is 0 Å². The number of hydrogen-bond donors (Lipinski definition) is 2. The zero-order chi connectivity index (χ0) is 37.7. The highest BCUT2D eigenvalue weighted by molar-refractivity contribution is 7.93. The van der Waals surface area contributed by atoms with E-state index < -0.39 is 20.0 Å². The third kappa shape index (κ3) is 7.70. The summed E-state index contributed by atoms with van der Waals surface area (Å²) in [5, 5.41) is 0. The average molecular weight is 765 g/mol. The van der Waals surface area contributed by atoms with E-state index in [0.717, 1.165) is 5.56 Å². The Bertz CT molecular complexity index is 2590. The molecule has 6 aromatic rings. The summed E-state index contributed by atoms with van der Waals surface area (Å²) in [7, 11) is -7.41. The normalized spacial score (nSPS) is 14.0. The van der Waals surface area contributed by atoms with Crippen LogP contribution in [0.4, 0.5) is 11.6 Å². The SMILES string of the molecule is O=c1[nH]c(-c2ccccn2)nc2c1CCCN2S(=O)(=O)CCc1ccccc1.O=c1[nH]c(-c2ccccn2)nc2c1CCCN2S(=O)(=O)c1ccccc1. The van der Waals surface area contributed by atoms with Gasteiger partial charge in [0.2, 0.25) is 10.0 Å². The van der Waals surface area contributed by atoms with Crippen molar-refractivity contribution in [3.05, 3.63) is 147 Å². The van der Waals surface area contributed by atoms with Gasteiger partial charge < -0.3 is 9.97 Å². The Hall–Kier alpha value is -6.00. The molecule has 2 aliphatic heterocycles. The van der Waals surface area contributed by atoms with Crippen molar-refractivity contribution in [3.8, 4) is 23.0 Å². The number of rotatable bonds is 8. The van der Waals surface area contributed by atoms with Crippen LogP contribution in [0.1, 0.15) is 29.5 Å². The maximum absolute atomic E-state index is 13.1. The lowest BCUT2D eigenvalue weighted by molar-refractivity contribution is 0.583. The molecule has 2 aliphatic rings. The van der Waals surface area contributed by atoms with E-state index in [1.165, 1.54) is 20.7 Å². The molecule has 2 N–H and O–H groups in total. The third-order valence-corrected chi connectivity index (χ3v) is 12.6. The van der Waals surface area contributed by atoms with E-state index in [2.05, 4.69) is 29.9 Å². The first-order valence-electron chi connectivity index (χ1n) is 17.3. The maximum Gasteiger partial charge on any atom is 0.265 e. The Morgan fingerprint density at radius 3 is 1.59 bits per heavy atom. The molecule has 6 heterocycles. The number of benzene rings is 2. The molecule has 4 aromatic heterocycles. The Kier molecular flexibility index (Phi) is 10.5. The van der Waals surface area contributed by atoms with Gasteiger partial charge in [0.15, 0.2) is 23.3 Å². The highest BCUT2D eigenvalue weighted by atomic mass is 32.2. The first-order valence-corrected chi connectivity index (χ1v) is 20.4. The van der Waals surface area contributed by atoms with Gasteiger partial charge in [-0.15, -0.1) is 0 Å². The smallest absolute Gasteiger partial charge is 0.265 e. The summed E-state index contributed by atoms with van der Waals surface area (Å²) in [5.74, 6) is 0.899.